The molecule has 0 bridgehead atoms. The molecule has 0 aliphatic rings. The Balaban J connectivity index is 1.51. The van der Waals surface area contributed by atoms with Crippen molar-refractivity contribution < 1.29 is 0 Å². The molecule has 0 atom stereocenters. The molecule has 7 heteroatoms. The summed E-state index contributed by atoms with van der Waals surface area (Å²) in [6, 6.07) is 18.1. The van der Waals surface area contributed by atoms with E-state index in [4.69, 9.17) is 10.7 Å². The van der Waals surface area contributed by atoms with E-state index in [0.717, 1.165) is 55.7 Å². The van der Waals surface area contributed by atoms with Crippen LogP contribution in [0.2, 0.25) is 0 Å². The van der Waals surface area contributed by atoms with Gasteiger partial charge in [-0.25, -0.2) is 4.98 Å². The number of anilines is 1. The number of nitrogens with one attached hydrogen (secondary N) is 2. The molecule has 0 saturated carbocycles. The van der Waals surface area contributed by atoms with Gasteiger partial charge in [0.1, 0.15) is 11.2 Å². The van der Waals surface area contributed by atoms with Gasteiger partial charge < -0.3 is 10.7 Å². The third-order valence-corrected chi connectivity index (χ3v) is 5.37. The van der Waals surface area contributed by atoms with Gasteiger partial charge in [-0.2, -0.15) is 5.10 Å². The number of aromatic amines is 2. The quantitative estimate of drug-likeness (QED) is 0.393. The minimum Gasteiger partial charge on any atom is -0.397 e. The van der Waals surface area contributed by atoms with Crippen molar-refractivity contribution >= 4 is 27.6 Å². The molecule has 7 nitrogen and oxygen atoms in total. The van der Waals surface area contributed by atoms with Crippen molar-refractivity contribution in [2.75, 3.05) is 5.73 Å². The highest BCUT2D eigenvalue weighted by Gasteiger charge is 2.15. The van der Waals surface area contributed by atoms with Crippen LogP contribution in [0.4, 0.5) is 5.69 Å². The van der Waals surface area contributed by atoms with E-state index in [1.54, 1.807) is 24.8 Å². The van der Waals surface area contributed by atoms with E-state index in [9.17, 15) is 0 Å². The number of nitrogens with two attached hydrogens (primary N) is 1. The number of aromatic nitrogens is 6. The lowest BCUT2D eigenvalue weighted by Crippen LogP contribution is -1.90. The van der Waals surface area contributed by atoms with Crippen LogP contribution in [0.5, 0.6) is 0 Å². The van der Waals surface area contributed by atoms with Crippen molar-refractivity contribution in [3.05, 3.63) is 79.4 Å². The van der Waals surface area contributed by atoms with E-state index >= 15 is 0 Å². The van der Waals surface area contributed by atoms with E-state index in [-0.39, 0.29) is 0 Å². The number of fused-ring (bicyclic) bond motifs is 2. The molecule has 1 aromatic carbocycles. The van der Waals surface area contributed by atoms with Gasteiger partial charge in [-0.1, -0.05) is 12.1 Å². The van der Waals surface area contributed by atoms with Crippen LogP contribution < -0.4 is 5.73 Å². The first kappa shape index (κ1) is 17.3. The first-order valence-electron chi connectivity index (χ1n) is 9.85. The summed E-state index contributed by atoms with van der Waals surface area (Å²) in [6.45, 7) is 0. The molecule has 0 radical (unpaired) electrons. The van der Waals surface area contributed by atoms with Crippen molar-refractivity contribution in [3.63, 3.8) is 0 Å². The summed E-state index contributed by atoms with van der Waals surface area (Å²) in [4.78, 5) is 16.7. The molecule has 0 fully saturated rings. The normalized spacial score (nSPS) is 11.4. The predicted octanol–water partition coefficient (Wildman–Crippen LogP) is 4.81. The predicted molar refractivity (Wildman–Crippen MR) is 122 cm³/mol. The topological polar surface area (TPSA) is 109 Å². The van der Waals surface area contributed by atoms with Crippen LogP contribution in [0.25, 0.3) is 55.7 Å². The second-order valence-electron chi connectivity index (χ2n) is 7.36. The summed E-state index contributed by atoms with van der Waals surface area (Å²) in [5.41, 5.74) is 14.8. The van der Waals surface area contributed by atoms with Crippen LogP contribution in [0, 0.1) is 0 Å². The second kappa shape index (κ2) is 6.77. The Morgan fingerprint density at radius 3 is 2.58 bits per heavy atom. The van der Waals surface area contributed by atoms with Crippen molar-refractivity contribution in [1.29, 1.82) is 0 Å². The van der Waals surface area contributed by atoms with Gasteiger partial charge >= 0.3 is 0 Å². The van der Waals surface area contributed by atoms with Gasteiger partial charge in [0.15, 0.2) is 0 Å². The molecule has 0 amide bonds. The molecule has 0 spiro atoms. The van der Waals surface area contributed by atoms with Crippen LogP contribution in [-0.4, -0.2) is 30.1 Å². The standard InChI is InChI=1S/C24H17N7/c25-16-10-15(12-27-13-16)19-4-5-21-23(29-19)24(31-30-21)22-11-18-17(2-1-3-20(18)28-22)14-6-8-26-9-7-14/h1-13,28H,25H2,(H,30,31). The minimum absolute atomic E-state index is 0.603. The molecule has 6 aromatic rings. The van der Waals surface area contributed by atoms with E-state index in [2.05, 4.69) is 43.3 Å². The van der Waals surface area contributed by atoms with E-state index < -0.39 is 0 Å². The number of benzene rings is 1. The zero-order valence-corrected chi connectivity index (χ0v) is 16.4. The van der Waals surface area contributed by atoms with Gasteiger partial charge in [0, 0.05) is 41.3 Å². The molecule has 4 N–H and O–H groups in total. The summed E-state index contributed by atoms with van der Waals surface area (Å²) in [7, 11) is 0. The summed E-state index contributed by atoms with van der Waals surface area (Å²) in [5.74, 6) is 0. The molecule has 5 heterocycles. The number of hydrogen-bond acceptors (Lipinski definition) is 5. The van der Waals surface area contributed by atoms with E-state index in [0.29, 0.717) is 5.69 Å². The Bertz CT molecular complexity index is 1550. The molecule has 6 rings (SSSR count). The molecule has 0 aliphatic carbocycles. The van der Waals surface area contributed by atoms with Crippen molar-refractivity contribution in [1.82, 2.24) is 30.1 Å². The maximum atomic E-state index is 5.90. The van der Waals surface area contributed by atoms with Crippen LogP contribution in [-0.2, 0) is 0 Å². The summed E-state index contributed by atoms with van der Waals surface area (Å²) in [5, 5.41) is 8.75. The number of nitrogen functional groups attached to an aromatic ring is 1. The highest BCUT2D eigenvalue weighted by atomic mass is 15.1. The Hall–Kier alpha value is -4.52. The van der Waals surface area contributed by atoms with Gasteiger partial charge in [-0.3, -0.25) is 15.1 Å². The van der Waals surface area contributed by atoms with Crippen LogP contribution in [0.1, 0.15) is 0 Å². The van der Waals surface area contributed by atoms with Gasteiger partial charge in [-0.05, 0) is 53.6 Å². The van der Waals surface area contributed by atoms with E-state index in [1.165, 1.54) is 0 Å². The average Bonchev–Trinajstić information content (AvgIpc) is 3.43. The third-order valence-electron chi connectivity index (χ3n) is 5.37. The maximum absolute atomic E-state index is 5.90. The number of H-pyrrole nitrogens is 2. The molecule has 148 valence electrons. The minimum atomic E-state index is 0.603. The van der Waals surface area contributed by atoms with Crippen molar-refractivity contribution in [2.24, 2.45) is 0 Å². The summed E-state index contributed by atoms with van der Waals surface area (Å²) in [6.07, 6.45) is 6.99. The number of nitrogens with zero attached hydrogens (tertiary/aromatic N) is 4. The molecule has 0 saturated heterocycles. The second-order valence-corrected chi connectivity index (χ2v) is 7.36. The Labute approximate surface area is 177 Å². The Morgan fingerprint density at radius 2 is 1.71 bits per heavy atom. The van der Waals surface area contributed by atoms with Gasteiger partial charge in [0.25, 0.3) is 0 Å². The summed E-state index contributed by atoms with van der Waals surface area (Å²) >= 11 is 0. The lowest BCUT2D eigenvalue weighted by atomic mass is 10.0. The SMILES string of the molecule is Nc1cncc(-c2ccc3[nH]nc(-c4cc5c(-c6ccncc6)cccc5[nH]4)c3n2)c1. The molecular weight excluding hydrogens is 386 g/mol. The maximum Gasteiger partial charge on any atom is 0.135 e. The van der Waals surface area contributed by atoms with Gasteiger partial charge in [0.2, 0.25) is 0 Å². The van der Waals surface area contributed by atoms with E-state index in [1.807, 2.05) is 36.4 Å². The van der Waals surface area contributed by atoms with Crippen LogP contribution >= 0.6 is 0 Å². The highest BCUT2D eigenvalue weighted by molar-refractivity contribution is 6.00. The summed E-state index contributed by atoms with van der Waals surface area (Å²) < 4.78 is 0. The first-order chi connectivity index (χ1) is 15.3. The van der Waals surface area contributed by atoms with Crippen LogP contribution in [0.15, 0.2) is 79.4 Å². The van der Waals surface area contributed by atoms with Crippen molar-refractivity contribution in [3.8, 4) is 33.8 Å². The lowest BCUT2D eigenvalue weighted by molar-refractivity contribution is 1.12. The first-order valence-corrected chi connectivity index (χ1v) is 9.85. The highest BCUT2D eigenvalue weighted by Crippen LogP contribution is 2.34. The molecule has 0 unspecified atom stereocenters. The number of rotatable bonds is 3. The molecule has 31 heavy (non-hydrogen) atoms. The molecule has 0 aliphatic heterocycles. The third kappa shape index (κ3) is 2.91. The number of hydrogen-bond donors (Lipinski definition) is 3. The fraction of sp³-hybridized carbons (Fsp3) is 0. The fourth-order valence-corrected chi connectivity index (χ4v) is 3.91. The Morgan fingerprint density at radius 1 is 0.806 bits per heavy atom. The molecular formula is C24H17N7. The molecule has 5 aromatic heterocycles. The zero-order chi connectivity index (χ0) is 20.8. The lowest BCUT2D eigenvalue weighted by Gasteiger charge is -2.02. The largest absolute Gasteiger partial charge is 0.397 e. The smallest absolute Gasteiger partial charge is 0.135 e. The number of pyridine rings is 3. The fourth-order valence-electron chi connectivity index (χ4n) is 3.91. The monoisotopic (exact) mass is 403 g/mol. The van der Waals surface area contributed by atoms with Crippen molar-refractivity contribution in [2.45, 2.75) is 0 Å². The van der Waals surface area contributed by atoms with Gasteiger partial charge in [0.05, 0.1) is 22.6 Å². The average molecular weight is 403 g/mol. The Kier molecular flexibility index (Phi) is 3.79. The van der Waals surface area contributed by atoms with Gasteiger partial charge in [-0.15, -0.1) is 0 Å². The zero-order valence-electron chi connectivity index (χ0n) is 16.4. The van der Waals surface area contributed by atoms with Crippen LogP contribution in [0.3, 0.4) is 0 Å².